The third-order valence-electron chi connectivity index (χ3n) is 2.48. The van der Waals surface area contributed by atoms with Gasteiger partial charge in [-0.2, -0.15) is 0 Å². The third-order valence-corrected chi connectivity index (χ3v) is 2.94. The average Bonchev–Trinajstić information content (AvgIpc) is 2.43. The Kier molecular flexibility index (Phi) is 4.05. The molecule has 2 aromatic rings. The number of hydrogen-bond donors (Lipinski definition) is 2. The fourth-order valence-electron chi connectivity index (χ4n) is 1.55. The van der Waals surface area contributed by atoms with E-state index in [1.807, 2.05) is 0 Å². The molecule has 2 aromatic carbocycles. The van der Waals surface area contributed by atoms with E-state index >= 15 is 0 Å². The van der Waals surface area contributed by atoms with Crippen LogP contribution in [0.2, 0.25) is 0 Å². The van der Waals surface area contributed by atoms with Gasteiger partial charge in [0.2, 0.25) is 0 Å². The number of benzene rings is 2. The van der Waals surface area contributed by atoms with E-state index in [-0.39, 0.29) is 11.3 Å². The van der Waals surface area contributed by atoms with Gasteiger partial charge in [0.1, 0.15) is 5.56 Å². The Bertz CT molecular complexity index is 667. The van der Waals surface area contributed by atoms with Crippen molar-refractivity contribution in [2.45, 2.75) is 0 Å². The predicted molar refractivity (Wildman–Crippen MR) is 74.2 cm³/mol. The molecular weight excluding hydrogens is 328 g/mol. The summed E-state index contributed by atoms with van der Waals surface area (Å²) in [6.07, 6.45) is 0. The molecule has 102 valence electrons. The molecule has 0 aliphatic rings. The maximum Gasteiger partial charge on any atom is 0.343 e. The summed E-state index contributed by atoms with van der Waals surface area (Å²) >= 11 is 3.10. The van der Waals surface area contributed by atoms with Crippen molar-refractivity contribution in [2.75, 3.05) is 0 Å². The highest BCUT2D eigenvalue weighted by molar-refractivity contribution is 9.10. The van der Waals surface area contributed by atoms with Gasteiger partial charge < -0.3 is 14.9 Å². The molecule has 0 amide bonds. The van der Waals surface area contributed by atoms with Crippen molar-refractivity contribution < 1.29 is 24.5 Å². The van der Waals surface area contributed by atoms with Gasteiger partial charge in [0.05, 0.1) is 5.56 Å². The average molecular weight is 337 g/mol. The Morgan fingerprint density at radius 2 is 1.75 bits per heavy atom. The second-order valence-electron chi connectivity index (χ2n) is 3.86. The van der Waals surface area contributed by atoms with Gasteiger partial charge in [-0.1, -0.05) is 34.1 Å². The van der Waals surface area contributed by atoms with Gasteiger partial charge in [0.25, 0.3) is 0 Å². The van der Waals surface area contributed by atoms with Crippen LogP contribution in [0.4, 0.5) is 0 Å². The van der Waals surface area contributed by atoms with E-state index < -0.39 is 17.7 Å². The van der Waals surface area contributed by atoms with Crippen LogP contribution in [0.25, 0.3) is 0 Å². The highest BCUT2D eigenvalue weighted by atomic mass is 79.9. The summed E-state index contributed by atoms with van der Waals surface area (Å²) in [4.78, 5) is 22.8. The van der Waals surface area contributed by atoms with E-state index in [1.165, 1.54) is 12.1 Å². The number of aromatic carboxylic acids is 1. The fraction of sp³-hybridized carbons (Fsp3) is 0. The SMILES string of the molecule is O=C(Oc1cc(Br)cc(C(=O)O)c1O)c1ccccc1. The van der Waals surface area contributed by atoms with Crippen LogP contribution in [0, 0.1) is 0 Å². The minimum absolute atomic E-state index is 0.217. The van der Waals surface area contributed by atoms with Gasteiger partial charge in [-0.25, -0.2) is 9.59 Å². The minimum atomic E-state index is -1.32. The number of hydrogen-bond acceptors (Lipinski definition) is 4. The molecular formula is C14H9BrO5. The van der Waals surface area contributed by atoms with Gasteiger partial charge in [-0.15, -0.1) is 0 Å². The highest BCUT2D eigenvalue weighted by Gasteiger charge is 2.18. The summed E-state index contributed by atoms with van der Waals surface area (Å²) in [5.74, 6) is -2.81. The lowest BCUT2D eigenvalue weighted by Crippen LogP contribution is -2.09. The van der Waals surface area contributed by atoms with Crippen LogP contribution in [-0.2, 0) is 0 Å². The van der Waals surface area contributed by atoms with Crippen LogP contribution in [0.5, 0.6) is 11.5 Å². The summed E-state index contributed by atoms with van der Waals surface area (Å²) in [6, 6.07) is 10.7. The van der Waals surface area contributed by atoms with Crippen LogP contribution in [0.1, 0.15) is 20.7 Å². The van der Waals surface area contributed by atoms with E-state index in [0.717, 1.165) is 0 Å². The Morgan fingerprint density at radius 1 is 1.10 bits per heavy atom. The monoisotopic (exact) mass is 336 g/mol. The maximum atomic E-state index is 11.9. The van der Waals surface area contributed by atoms with Crippen molar-refractivity contribution in [1.82, 2.24) is 0 Å². The number of carbonyl (C=O) groups is 2. The van der Waals surface area contributed by atoms with Crippen LogP contribution >= 0.6 is 15.9 Å². The van der Waals surface area contributed by atoms with Gasteiger partial charge >= 0.3 is 11.9 Å². The summed E-state index contributed by atoms with van der Waals surface area (Å²) in [7, 11) is 0. The van der Waals surface area contributed by atoms with Crippen molar-refractivity contribution in [1.29, 1.82) is 0 Å². The first kappa shape index (κ1) is 14.1. The number of aromatic hydroxyl groups is 1. The Morgan fingerprint density at radius 3 is 2.35 bits per heavy atom. The van der Waals surface area contributed by atoms with E-state index in [1.54, 1.807) is 30.3 Å². The molecule has 0 saturated carbocycles. The van der Waals surface area contributed by atoms with Crippen molar-refractivity contribution in [2.24, 2.45) is 0 Å². The van der Waals surface area contributed by atoms with E-state index in [4.69, 9.17) is 9.84 Å². The minimum Gasteiger partial charge on any atom is -0.504 e. The van der Waals surface area contributed by atoms with E-state index in [9.17, 15) is 14.7 Å². The normalized spacial score (nSPS) is 10.1. The first-order valence-corrected chi connectivity index (χ1v) is 6.31. The Balaban J connectivity index is 2.35. The zero-order valence-electron chi connectivity index (χ0n) is 10.0. The second kappa shape index (κ2) is 5.75. The molecule has 0 atom stereocenters. The van der Waals surface area contributed by atoms with E-state index in [2.05, 4.69) is 15.9 Å². The van der Waals surface area contributed by atoms with Crippen molar-refractivity contribution >= 4 is 27.9 Å². The number of carbonyl (C=O) groups excluding carboxylic acids is 1. The van der Waals surface area contributed by atoms with Gasteiger partial charge in [0, 0.05) is 4.47 Å². The lowest BCUT2D eigenvalue weighted by atomic mass is 10.2. The van der Waals surface area contributed by atoms with Crippen molar-refractivity contribution in [3.8, 4) is 11.5 Å². The zero-order chi connectivity index (χ0) is 14.7. The van der Waals surface area contributed by atoms with Crippen LogP contribution in [0.15, 0.2) is 46.9 Å². The first-order valence-electron chi connectivity index (χ1n) is 5.52. The lowest BCUT2D eigenvalue weighted by molar-refractivity contribution is 0.0680. The number of esters is 1. The molecule has 20 heavy (non-hydrogen) atoms. The van der Waals surface area contributed by atoms with Crippen LogP contribution in [0.3, 0.4) is 0 Å². The molecule has 0 saturated heterocycles. The number of ether oxygens (including phenoxy) is 1. The summed E-state index contributed by atoms with van der Waals surface area (Å²) in [5.41, 5.74) is -0.0565. The molecule has 0 bridgehead atoms. The van der Waals surface area contributed by atoms with Gasteiger partial charge in [0.15, 0.2) is 11.5 Å². The molecule has 0 aliphatic heterocycles. The number of rotatable bonds is 3. The molecule has 0 fully saturated rings. The molecule has 0 aromatic heterocycles. The highest BCUT2D eigenvalue weighted by Crippen LogP contribution is 2.34. The Hall–Kier alpha value is -2.34. The first-order chi connectivity index (χ1) is 9.49. The van der Waals surface area contributed by atoms with Gasteiger partial charge in [-0.05, 0) is 24.3 Å². The number of carboxylic acid groups (broad SMARTS) is 1. The fourth-order valence-corrected chi connectivity index (χ4v) is 1.98. The topological polar surface area (TPSA) is 83.8 Å². The largest absolute Gasteiger partial charge is 0.504 e. The molecule has 0 spiro atoms. The molecule has 0 unspecified atom stereocenters. The quantitative estimate of drug-likeness (QED) is 0.664. The third kappa shape index (κ3) is 2.97. The van der Waals surface area contributed by atoms with Crippen LogP contribution < -0.4 is 4.74 Å². The zero-order valence-corrected chi connectivity index (χ0v) is 11.6. The molecule has 2 rings (SSSR count). The number of carboxylic acids is 1. The molecule has 2 N–H and O–H groups in total. The maximum absolute atomic E-state index is 11.9. The molecule has 0 aliphatic carbocycles. The predicted octanol–water partition coefficient (Wildman–Crippen LogP) is 3.07. The van der Waals surface area contributed by atoms with Crippen molar-refractivity contribution in [3.05, 3.63) is 58.1 Å². The second-order valence-corrected chi connectivity index (χ2v) is 4.78. The van der Waals surface area contributed by atoms with E-state index in [0.29, 0.717) is 10.0 Å². The summed E-state index contributed by atoms with van der Waals surface area (Å²) in [5, 5.41) is 18.7. The Labute approximate surface area is 122 Å². The van der Waals surface area contributed by atoms with Crippen LogP contribution in [-0.4, -0.2) is 22.2 Å². The molecule has 5 nitrogen and oxygen atoms in total. The molecule has 6 heteroatoms. The smallest absolute Gasteiger partial charge is 0.343 e. The molecule has 0 radical (unpaired) electrons. The lowest BCUT2D eigenvalue weighted by Gasteiger charge is -2.09. The number of halogens is 1. The molecule has 0 heterocycles. The number of phenols is 1. The summed E-state index contributed by atoms with van der Waals surface area (Å²) < 4.78 is 5.40. The standard InChI is InChI=1S/C14H9BrO5/c15-9-6-10(13(17)18)12(16)11(7-9)20-14(19)8-4-2-1-3-5-8/h1-7,16H,(H,17,18). The van der Waals surface area contributed by atoms with Crippen molar-refractivity contribution in [3.63, 3.8) is 0 Å². The van der Waals surface area contributed by atoms with Gasteiger partial charge in [-0.3, -0.25) is 0 Å². The summed E-state index contributed by atoms with van der Waals surface area (Å²) in [6.45, 7) is 0.